The van der Waals surface area contributed by atoms with E-state index in [1.165, 1.54) is 43.2 Å². The number of benzene rings is 2. The first-order chi connectivity index (χ1) is 15.1. The number of nitrogens with one attached hydrogen (secondary N) is 2. The van der Waals surface area contributed by atoms with Gasteiger partial charge in [-0.2, -0.15) is 13.2 Å². The molecule has 1 aliphatic rings. The number of rotatable bonds is 7. The Bertz CT molecular complexity index is 1020. The fourth-order valence-electron chi connectivity index (χ4n) is 3.53. The lowest BCUT2D eigenvalue weighted by Crippen LogP contribution is -2.37. The molecule has 0 aliphatic heterocycles. The molecular formula is C22H25F3N2O4S. The summed E-state index contributed by atoms with van der Waals surface area (Å²) in [6.07, 6.45) is 1.88. The van der Waals surface area contributed by atoms with Gasteiger partial charge in [0.25, 0.3) is 15.9 Å². The smallest absolute Gasteiger partial charge is 0.416 e. The second-order valence-electron chi connectivity index (χ2n) is 7.70. The number of sulfonamides is 1. The van der Waals surface area contributed by atoms with Crippen LogP contribution in [0, 0.1) is 0 Å². The average molecular weight is 471 g/mol. The molecule has 0 aromatic heterocycles. The molecule has 0 atom stereocenters. The number of anilines is 1. The van der Waals surface area contributed by atoms with Gasteiger partial charge < -0.3 is 10.1 Å². The summed E-state index contributed by atoms with van der Waals surface area (Å²) < 4.78 is 71.0. The molecule has 10 heteroatoms. The minimum absolute atomic E-state index is 0.148. The van der Waals surface area contributed by atoms with E-state index in [1.807, 2.05) is 0 Å². The number of amides is 1. The van der Waals surface area contributed by atoms with Gasteiger partial charge in [0.15, 0.2) is 6.61 Å². The van der Waals surface area contributed by atoms with Crippen LogP contribution in [0.25, 0.3) is 0 Å². The zero-order valence-corrected chi connectivity index (χ0v) is 18.1. The van der Waals surface area contributed by atoms with Gasteiger partial charge in [-0.25, -0.2) is 8.42 Å². The number of alkyl halides is 3. The lowest BCUT2D eigenvalue weighted by Gasteiger charge is -2.16. The third-order valence-electron chi connectivity index (χ3n) is 5.17. The summed E-state index contributed by atoms with van der Waals surface area (Å²) in [4.78, 5) is 12.0. The normalized spacial score (nSPS) is 15.6. The van der Waals surface area contributed by atoms with Gasteiger partial charge in [0.1, 0.15) is 5.75 Å². The van der Waals surface area contributed by atoms with Gasteiger partial charge in [-0.05, 0) is 55.3 Å². The van der Waals surface area contributed by atoms with Crippen LogP contribution < -0.4 is 14.8 Å². The molecule has 0 bridgehead atoms. The monoisotopic (exact) mass is 470 g/mol. The van der Waals surface area contributed by atoms with E-state index in [-0.39, 0.29) is 29.1 Å². The number of halogens is 3. The predicted octanol–water partition coefficient (Wildman–Crippen LogP) is 4.72. The Morgan fingerprint density at radius 1 is 1.00 bits per heavy atom. The Labute approximate surface area is 185 Å². The van der Waals surface area contributed by atoms with E-state index in [0.717, 1.165) is 43.9 Å². The Morgan fingerprint density at radius 3 is 2.28 bits per heavy atom. The minimum atomic E-state index is -4.58. The van der Waals surface area contributed by atoms with Gasteiger partial charge in [0.2, 0.25) is 0 Å². The van der Waals surface area contributed by atoms with E-state index >= 15 is 0 Å². The van der Waals surface area contributed by atoms with Gasteiger partial charge in [-0.15, -0.1) is 0 Å². The van der Waals surface area contributed by atoms with E-state index in [0.29, 0.717) is 5.75 Å². The fraction of sp³-hybridized carbons (Fsp3) is 0.409. The maximum absolute atomic E-state index is 12.8. The van der Waals surface area contributed by atoms with Crippen LogP contribution >= 0.6 is 0 Å². The predicted molar refractivity (Wildman–Crippen MR) is 114 cm³/mol. The molecule has 2 N–H and O–H groups in total. The molecule has 3 rings (SSSR count). The topological polar surface area (TPSA) is 84.5 Å². The van der Waals surface area contributed by atoms with Crippen molar-refractivity contribution < 1.29 is 31.1 Å². The summed E-state index contributed by atoms with van der Waals surface area (Å²) in [5.74, 6) is 0.0684. The maximum Gasteiger partial charge on any atom is 0.416 e. The largest absolute Gasteiger partial charge is 0.484 e. The number of ether oxygens (including phenoxy) is 1. The Balaban J connectivity index is 1.56. The Hall–Kier alpha value is -2.75. The standard InChI is InChI=1S/C22H25F3N2O4S/c23-22(24,25)16-6-5-9-18(14-16)27-32(29,30)20-12-10-19(11-13-20)31-15-21(28)26-17-7-3-1-2-4-8-17/h5-6,9-14,17,27H,1-4,7-8,15H2,(H,26,28). The van der Waals surface area contributed by atoms with Crippen molar-refractivity contribution >= 4 is 21.6 Å². The molecule has 2 aromatic carbocycles. The van der Waals surface area contributed by atoms with Crippen LogP contribution in [0.5, 0.6) is 5.75 Å². The number of carbonyl (C=O) groups is 1. The van der Waals surface area contributed by atoms with Gasteiger partial charge >= 0.3 is 6.18 Å². The lowest BCUT2D eigenvalue weighted by atomic mass is 10.1. The highest BCUT2D eigenvalue weighted by molar-refractivity contribution is 7.92. The van der Waals surface area contributed by atoms with Crippen molar-refractivity contribution in [3.05, 3.63) is 54.1 Å². The molecule has 1 fully saturated rings. The van der Waals surface area contributed by atoms with E-state index in [1.54, 1.807) is 0 Å². The van der Waals surface area contributed by atoms with Crippen LogP contribution in [-0.2, 0) is 21.0 Å². The Kier molecular flexibility index (Phi) is 7.65. The van der Waals surface area contributed by atoms with Gasteiger partial charge in [0.05, 0.1) is 10.5 Å². The highest BCUT2D eigenvalue weighted by atomic mass is 32.2. The van der Waals surface area contributed by atoms with Crippen LogP contribution in [0.2, 0.25) is 0 Å². The summed E-state index contributed by atoms with van der Waals surface area (Å²) in [6, 6.07) is 9.39. The second kappa shape index (κ2) is 10.2. The zero-order valence-electron chi connectivity index (χ0n) is 17.3. The molecule has 1 saturated carbocycles. The summed E-state index contributed by atoms with van der Waals surface area (Å²) in [5.41, 5.74) is -1.15. The summed E-state index contributed by atoms with van der Waals surface area (Å²) in [5, 5.41) is 2.96. The van der Waals surface area contributed by atoms with Crippen LogP contribution in [0.4, 0.5) is 18.9 Å². The quantitative estimate of drug-likeness (QED) is 0.574. The number of hydrogen-bond donors (Lipinski definition) is 2. The molecule has 174 valence electrons. The van der Waals surface area contributed by atoms with Crippen LogP contribution in [0.1, 0.15) is 44.1 Å². The molecule has 1 aliphatic carbocycles. The molecule has 0 saturated heterocycles. The third-order valence-corrected chi connectivity index (χ3v) is 6.56. The van der Waals surface area contributed by atoms with Crippen molar-refractivity contribution in [2.75, 3.05) is 11.3 Å². The highest BCUT2D eigenvalue weighted by Gasteiger charge is 2.30. The molecule has 0 heterocycles. The molecular weight excluding hydrogens is 445 g/mol. The van der Waals surface area contributed by atoms with Crippen molar-refractivity contribution in [1.29, 1.82) is 0 Å². The lowest BCUT2D eigenvalue weighted by molar-refractivity contribution is -0.137. The maximum atomic E-state index is 12.8. The Morgan fingerprint density at radius 2 is 1.66 bits per heavy atom. The fourth-order valence-corrected chi connectivity index (χ4v) is 4.58. The summed E-state index contributed by atoms with van der Waals surface area (Å²) in [6.45, 7) is -0.189. The first-order valence-electron chi connectivity index (χ1n) is 10.4. The van der Waals surface area contributed by atoms with Crippen molar-refractivity contribution in [3.63, 3.8) is 0 Å². The highest BCUT2D eigenvalue weighted by Crippen LogP contribution is 2.31. The minimum Gasteiger partial charge on any atom is -0.484 e. The van der Waals surface area contributed by atoms with Crippen molar-refractivity contribution in [2.24, 2.45) is 0 Å². The first-order valence-corrected chi connectivity index (χ1v) is 11.8. The molecule has 1 amide bonds. The van der Waals surface area contributed by atoms with Crippen molar-refractivity contribution in [2.45, 2.75) is 55.6 Å². The van der Waals surface area contributed by atoms with E-state index in [2.05, 4.69) is 10.0 Å². The van der Waals surface area contributed by atoms with Crippen LogP contribution in [-0.4, -0.2) is 27.0 Å². The van der Waals surface area contributed by atoms with Crippen LogP contribution in [0.15, 0.2) is 53.4 Å². The van der Waals surface area contributed by atoms with E-state index < -0.39 is 21.8 Å². The molecule has 0 unspecified atom stereocenters. The average Bonchev–Trinajstić information content (AvgIpc) is 3.00. The zero-order chi connectivity index (χ0) is 23.2. The molecule has 32 heavy (non-hydrogen) atoms. The summed E-state index contributed by atoms with van der Waals surface area (Å²) >= 11 is 0. The van der Waals surface area contributed by atoms with Crippen LogP contribution in [0.3, 0.4) is 0 Å². The molecule has 6 nitrogen and oxygen atoms in total. The second-order valence-corrected chi connectivity index (χ2v) is 9.38. The SMILES string of the molecule is O=C(COc1ccc(S(=O)(=O)Nc2cccc(C(F)(F)F)c2)cc1)NC1CCCCCC1. The van der Waals surface area contributed by atoms with Gasteiger partial charge in [0, 0.05) is 11.7 Å². The summed E-state index contributed by atoms with van der Waals surface area (Å²) in [7, 11) is -4.10. The first kappa shape index (κ1) is 23.9. The van der Waals surface area contributed by atoms with Gasteiger partial charge in [-0.1, -0.05) is 31.7 Å². The number of hydrogen-bond acceptors (Lipinski definition) is 4. The number of carbonyl (C=O) groups excluding carboxylic acids is 1. The van der Waals surface area contributed by atoms with Crippen molar-refractivity contribution in [1.82, 2.24) is 5.32 Å². The third kappa shape index (κ3) is 6.88. The molecule has 2 aromatic rings. The van der Waals surface area contributed by atoms with E-state index in [4.69, 9.17) is 4.74 Å². The molecule has 0 radical (unpaired) electrons. The van der Waals surface area contributed by atoms with Crippen molar-refractivity contribution in [3.8, 4) is 5.75 Å². The van der Waals surface area contributed by atoms with E-state index in [9.17, 15) is 26.4 Å². The molecule has 0 spiro atoms. The van der Waals surface area contributed by atoms with Gasteiger partial charge in [-0.3, -0.25) is 9.52 Å².